The molecule has 0 aliphatic heterocycles. The second-order valence-electron chi connectivity index (χ2n) is 6.30. The maximum Gasteiger partial charge on any atom is 0.353 e. The summed E-state index contributed by atoms with van der Waals surface area (Å²) in [6.07, 6.45) is 1.50. The van der Waals surface area contributed by atoms with Crippen LogP contribution in [0.5, 0.6) is 5.75 Å². The number of para-hydroxylation sites is 1. The van der Waals surface area contributed by atoms with E-state index in [0.29, 0.717) is 10.6 Å². The molecule has 0 N–H and O–H groups in total. The van der Waals surface area contributed by atoms with Crippen molar-refractivity contribution < 1.29 is 9.53 Å². The fourth-order valence-corrected chi connectivity index (χ4v) is 4.06. The highest BCUT2D eigenvalue weighted by Gasteiger charge is 2.18. The lowest BCUT2D eigenvalue weighted by molar-refractivity contribution is 0.0740. The van der Waals surface area contributed by atoms with E-state index in [2.05, 4.69) is 20.6 Å². The van der Waals surface area contributed by atoms with E-state index < -0.39 is 5.97 Å². The zero-order chi connectivity index (χ0) is 19.8. The highest BCUT2D eigenvalue weighted by molar-refractivity contribution is 7.20. The van der Waals surface area contributed by atoms with E-state index in [4.69, 9.17) is 4.74 Å². The van der Waals surface area contributed by atoms with Crippen molar-refractivity contribution in [1.29, 1.82) is 0 Å². The number of hydrogen-bond acceptors (Lipinski definition) is 7. The lowest BCUT2D eigenvalue weighted by Crippen LogP contribution is -2.06. The number of carbonyl (C=O) groups excluding carboxylic acids is 1. The third-order valence-corrected chi connectivity index (χ3v) is 5.50. The van der Waals surface area contributed by atoms with Crippen molar-refractivity contribution in [2.45, 2.75) is 6.92 Å². The van der Waals surface area contributed by atoms with E-state index in [-0.39, 0.29) is 0 Å². The molecule has 29 heavy (non-hydrogen) atoms. The van der Waals surface area contributed by atoms with Gasteiger partial charge >= 0.3 is 5.97 Å². The summed E-state index contributed by atoms with van der Waals surface area (Å²) in [5.74, 6) is 0.0473. The third kappa shape index (κ3) is 3.17. The van der Waals surface area contributed by atoms with Crippen LogP contribution in [0.4, 0.5) is 0 Å². The third-order valence-electron chi connectivity index (χ3n) is 4.41. The number of carbonyl (C=O) groups is 1. The Labute approximate surface area is 169 Å². The minimum Gasteiger partial charge on any atom is -0.422 e. The predicted octanol–water partition coefficient (Wildman–Crippen LogP) is 3.59. The summed E-state index contributed by atoms with van der Waals surface area (Å²) >= 11 is 1.36. The fraction of sp³-hybridized carbons (Fsp3) is 0.0500. The Kier molecular flexibility index (Phi) is 4.14. The van der Waals surface area contributed by atoms with Crippen molar-refractivity contribution in [2.24, 2.45) is 0 Å². The first kappa shape index (κ1) is 17.3. The van der Waals surface area contributed by atoms with Crippen LogP contribution in [0.25, 0.3) is 21.6 Å². The van der Waals surface area contributed by atoms with Gasteiger partial charge in [0, 0.05) is 5.39 Å². The maximum absolute atomic E-state index is 12.7. The van der Waals surface area contributed by atoms with Crippen molar-refractivity contribution in [3.8, 4) is 17.1 Å². The zero-order valence-electron chi connectivity index (χ0n) is 15.3. The first-order valence-electron chi connectivity index (χ1n) is 8.79. The van der Waals surface area contributed by atoms with Crippen LogP contribution in [0.1, 0.15) is 15.4 Å². The van der Waals surface area contributed by atoms with Gasteiger partial charge in [-0.05, 0) is 59.8 Å². The van der Waals surface area contributed by atoms with E-state index in [9.17, 15) is 4.79 Å². The van der Waals surface area contributed by atoms with Gasteiger partial charge in [-0.25, -0.2) is 14.2 Å². The largest absolute Gasteiger partial charge is 0.422 e. The molecule has 0 saturated heterocycles. The molecule has 2 aromatic carbocycles. The molecule has 0 bridgehead atoms. The zero-order valence-corrected chi connectivity index (χ0v) is 16.1. The number of rotatable bonds is 4. The topological polar surface area (TPSA) is 87.7 Å². The van der Waals surface area contributed by atoms with Crippen molar-refractivity contribution in [3.05, 3.63) is 77.6 Å². The van der Waals surface area contributed by atoms with Gasteiger partial charge < -0.3 is 4.74 Å². The summed E-state index contributed by atoms with van der Waals surface area (Å²) in [7, 11) is 0. The Bertz CT molecular complexity index is 1290. The number of tetrazole rings is 1. The van der Waals surface area contributed by atoms with Gasteiger partial charge in [0.25, 0.3) is 0 Å². The fourth-order valence-electron chi connectivity index (χ4n) is 3.00. The van der Waals surface area contributed by atoms with Crippen LogP contribution in [-0.4, -0.2) is 36.0 Å². The molecule has 3 aromatic heterocycles. The van der Waals surface area contributed by atoms with Crippen molar-refractivity contribution in [2.75, 3.05) is 0 Å². The molecular formula is C20H14N6O2S. The lowest BCUT2D eigenvalue weighted by atomic mass is 10.3. The molecule has 142 valence electrons. The van der Waals surface area contributed by atoms with Gasteiger partial charge in [0.15, 0.2) is 0 Å². The highest BCUT2D eigenvalue weighted by Crippen LogP contribution is 2.31. The van der Waals surface area contributed by atoms with Crippen LogP contribution in [-0.2, 0) is 0 Å². The monoisotopic (exact) mass is 402 g/mol. The van der Waals surface area contributed by atoms with Crippen LogP contribution in [0.3, 0.4) is 0 Å². The molecule has 0 unspecified atom stereocenters. The van der Waals surface area contributed by atoms with Crippen LogP contribution < -0.4 is 4.74 Å². The van der Waals surface area contributed by atoms with Gasteiger partial charge in [-0.3, -0.25) is 0 Å². The molecular weight excluding hydrogens is 388 g/mol. The molecule has 0 radical (unpaired) electrons. The summed E-state index contributed by atoms with van der Waals surface area (Å²) in [6.45, 7) is 1.93. The first-order valence-corrected chi connectivity index (χ1v) is 9.61. The SMILES string of the molecule is Cc1nn(-c2ccccc2)c2sc(C(=O)Oc3ccc(-n4cnnn4)cc3)cc12. The number of nitrogens with zero attached hydrogens (tertiary/aromatic N) is 6. The number of aromatic nitrogens is 6. The van der Waals surface area contributed by atoms with E-state index in [1.165, 1.54) is 22.3 Å². The molecule has 0 atom stereocenters. The van der Waals surface area contributed by atoms with Gasteiger partial charge in [-0.15, -0.1) is 16.4 Å². The molecule has 9 heteroatoms. The second-order valence-corrected chi connectivity index (χ2v) is 7.33. The summed E-state index contributed by atoms with van der Waals surface area (Å²) in [5.41, 5.74) is 2.59. The molecule has 0 spiro atoms. The average molecular weight is 402 g/mol. The minimum absolute atomic E-state index is 0.402. The highest BCUT2D eigenvalue weighted by atomic mass is 32.1. The van der Waals surface area contributed by atoms with E-state index in [1.54, 1.807) is 24.3 Å². The quantitative estimate of drug-likeness (QED) is 0.337. The Morgan fingerprint density at radius 3 is 2.55 bits per heavy atom. The Morgan fingerprint density at radius 1 is 1.03 bits per heavy atom. The van der Waals surface area contributed by atoms with Gasteiger partial charge in [0.2, 0.25) is 0 Å². The number of thiophene rings is 1. The average Bonchev–Trinajstić information content (AvgIpc) is 3.48. The van der Waals surface area contributed by atoms with Crippen molar-refractivity contribution >= 4 is 27.5 Å². The molecule has 0 fully saturated rings. The van der Waals surface area contributed by atoms with Crippen LogP contribution in [0, 0.1) is 6.92 Å². The number of hydrogen-bond donors (Lipinski definition) is 0. The second kappa shape index (κ2) is 6.95. The Morgan fingerprint density at radius 2 is 1.83 bits per heavy atom. The maximum atomic E-state index is 12.7. The van der Waals surface area contributed by atoms with Crippen LogP contribution in [0.2, 0.25) is 0 Å². The van der Waals surface area contributed by atoms with E-state index in [0.717, 1.165) is 27.3 Å². The standard InChI is InChI=1S/C20H14N6O2S/c1-13-17-11-18(29-19(17)26(22-13)15-5-3-2-4-6-15)20(27)28-16-9-7-14(8-10-16)25-12-21-23-24-25/h2-12H,1H3. The van der Waals surface area contributed by atoms with Crippen LogP contribution in [0.15, 0.2) is 67.0 Å². The van der Waals surface area contributed by atoms with E-state index in [1.807, 2.05) is 48.0 Å². The molecule has 0 aliphatic carbocycles. The minimum atomic E-state index is -0.402. The van der Waals surface area contributed by atoms with Crippen molar-refractivity contribution in [3.63, 3.8) is 0 Å². The molecule has 0 aliphatic rings. The van der Waals surface area contributed by atoms with Crippen molar-refractivity contribution in [1.82, 2.24) is 30.0 Å². The summed E-state index contributed by atoms with van der Waals surface area (Å²) < 4.78 is 8.92. The first-order chi connectivity index (χ1) is 14.2. The van der Waals surface area contributed by atoms with Gasteiger partial charge in [-0.1, -0.05) is 18.2 Å². The Hall–Kier alpha value is -3.85. The summed E-state index contributed by atoms with van der Waals surface area (Å²) in [6, 6.07) is 18.6. The molecule has 5 aromatic rings. The van der Waals surface area contributed by atoms with Gasteiger partial charge in [0.05, 0.1) is 17.1 Å². The number of ether oxygens (including phenoxy) is 1. The Balaban J connectivity index is 1.41. The van der Waals surface area contributed by atoms with E-state index >= 15 is 0 Å². The molecule has 0 saturated carbocycles. The predicted molar refractivity (Wildman–Crippen MR) is 108 cm³/mol. The van der Waals surface area contributed by atoms with Gasteiger partial charge in [0.1, 0.15) is 21.8 Å². The molecule has 3 heterocycles. The molecule has 8 nitrogen and oxygen atoms in total. The summed E-state index contributed by atoms with van der Waals surface area (Å²) in [4.78, 5) is 14.1. The lowest BCUT2D eigenvalue weighted by Gasteiger charge is -2.04. The number of benzene rings is 2. The molecule has 5 rings (SSSR count). The smallest absolute Gasteiger partial charge is 0.353 e. The van der Waals surface area contributed by atoms with Crippen LogP contribution >= 0.6 is 11.3 Å². The van der Waals surface area contributed by atoms with Gasteiger partial charge in [-0.2, -0.15) is 5.10 Å². The number of fused-ring (bicyclic) bond motifs is 1. The number of aryl methyl sites for hydroxylation is 1. The normalized spacial score (nSPS) is 11.1. The number of esters is 1. The molecule has 0 amide bonds. The summed E-state index contributed by atoms with van der Waals surface area (Å²) in [5, 5.41) is 16.6.